The number of fused-ring (bicyclic) bond motifs is 1. The smallest absolute Gasteiger partial charge is 0.262 e. The summed E-state index contributed by atoms with van der Waals surface area (Å²) in [5, 5.41) is 2.66. The van der Waals surface area contributed by atoms with E-state index in [1.165, 1.54) is 11.3 Å². The highest BCUT2D eigenvalue weighted by Gasteiger charge is 2.51. The minimum absolute atomic E-state index is 0.0267. The number of rotatable bonds is 3. The highest BCUT2D eigenvalue weighted by molar-refractivity contribution is 7.17. The Bertz CT molecular complexity index is 901. The molecule has 22 heavy (non-hydrogen) atoms. The van der Waals surface area contributed by atoms with Gasteiger partial charge in [0.25, 0.3) is 5.56 Å². The molecule has 1 atom stereocenters. The number of benzene rings is 1. The first-order chi connectivity index (χ1) is 10.6. The van der Waals surface area contributed by atoms with Crippen molar-refractivity contribution in [1.29, 1.82) is 0 Å². The van der Waals surface area contributed by atoms with Crippen LogP contribution in [0.3, 0.4) is 0 Å². The summed E-state index contributed by atoms with van der Waals surface area (Å²) in [6.07, 6.45) is 2.31. The van der Waals surface area contributed by atoms with Crippen LogP contribution in [0.2, 0.25) is 0 Å². The van der Waals surface area contributed by atoms with Crippen molar-refractivity contribution in [1.82, 2.24) is 9.55 Å². The molecule has 112 valence electrons. The van der Waals surface area contributed by atoms with E-state index in [0.29, 0.717) is 11.9 Å². The Morgan fingerprint density at radius 2 is 2.05 bits per heavy atom. The van der Waals surface area contributed by atoms with Crippen LogP contribution in [-0.2, 0) is 6.54 Å². The second-order valence-corrected chi connectivity index (χ2v) is 7.96. The maximum absolute atomic E-state index is 12.8. The lowest BCUT2D eigenvalue weighted by molar-refractivity contribution is 0.597. The third kappa shape index (κ3) is 2.35. The van der Waals surface area contributed by atoms with Crippen molar-refractivity contribution in [2.45, 2.75) is 17.3 Å². The van der Waals surface area contributed by atoms with E-state index >= 15 is 0 Å². The van der Waals surface area contributed by atoms with E-state index in [1.807, 2.05) is 35.7 Å². The van der Waals surface area contributed by atoms with Crippen molar-refractivity contribution >= 4 is 44.8 Å². The van der Waals surface area contributed by atoms with Gasteiger partial charge in [-0.15, -0.1) is 34.5 Å². The van der Waals surface area contributed by atoms with Gasteiger partial charge in [0.1, 0.15) is 9.16 Å². The van der Waals surface area contributed by atoms with Gasteiger partial charge in [-0.3, -0.25) is 9.36 Å². The fourth-order valence-corrected chi connectivity index (χ4v) is 4.05. The summed E-state index contributed by atoms with van der Waals surface area (Å²) in [6, 6.07) is 9.90. The number of hydrogen-bond donors (Lipinski definition) is 0. The summed E-state index contributed by atoms with van der Waals surface area (Å²) in [5.74, 6) is 0.117. The standard InChI is InChI=1S/C16H12Cl2N2OS/c17-16(18)6-11(16)7-20-9-19-14-13(15(20)21)12(8-22-14)10-4-2-1-3-5-10/h1-5,8-9,11H,6-7H2/t11-/m1/s1. The Balaban J connectivity index is 1.82. The van der Waals surface area contributed by atoms with E-state index in [9.17, 15) is 4.79 Å². The summed E-state index contributed by atoms with van der Waals surface area (Å²) < 4.78 is 0.934. The zero-order valence-electron chi connectivity index (χ0n) is 11.5. The van der Waals surface area contributed by atoms with Crippen LogP contribution in [0.5, 0.6) is 0 Å². The molecule has 4 rings (SSSR count). The molecule has 1 fully saturated rings. The molecule has 3 aromatic rings. The first-order valence-corrected chi connectivity index (χ1v) is 8.60. The monoisotopic (exact) mass is 350 g/mol. The van der Waals surface area contributed by atoms with Crippen LogP contribution < -0.4 is 5.56 Å². The van der Waals surface area contributed by atoms with Gasteiger partial charge in [0.15, 0.2) is 0 Å². The maximum atomic E-state index is 12.8. The van der Waals surface area contributed by atoms with Crippen molar-refractivity contribution in [3.8, 4) is 11.1 Å². The van der Waals surface area contributed by atoms with Crippen molar-refractivity contribution in [2.24, 2.45) is 5.92 Å². The van der Waals surface area contributed by atoms with E-state index in [1.54, 1.807) is 10.9 Å². The minimum Gasteiger partial charge on any atom is -0.298 e. The average Bonchev–Trinajstić information content (AvgIpc) is 2.94. The van der Waals surface area contributed by atoms with E-state index in [4.69, 9.17) is 23.2 Å². The fraction of sp³-hybridized carbons (Fsp3) is 0.250. The van der Waals surface area contributed by atoms with Crippen LogP contribution in [0.25, 0.3) is 21.3 Å². The molecule has 6 heteroatoms. The number of aromatic nitrogens is 2. The maximum Gasteiger partial charge on any atom is 0.262 e. The van der Waals surface area contributed by atoms with Crippen molar-refractivity contribution in [2.75, 3.05) is 0 Å². The van der Waals surface area contributed by atoms with Gasteiger partial charge in [-0.25, -0.2) is 4.98 Å². The second-order valence-electron chi connectivity index (χ2n) is 5.56. The van der Waals surface area contributed by atoms with Crippen LogP contribution in [0.1, 0.15) is 6.42 Å². The quantitative estimate of drug-likeness (QED) is 0.659. The molecule has 1 saturated carbocycles. The molecule has 0 saturated heterocycles. The lowest BCUT2D eigenvalue weighted by atomic mass is 10.1. The highest BCUT2D eigenvalue weighted by atomic mass is 35.5. The Labute approximate surface area is 141 Å². The van der Waals surface area contributed by atoms with E-state index in [0.717, 1.165) is 22.4 Å². The highest BCUT2D eigenvalue weighted by Crippen LogP contribution is 2.53. The molecule has 1 aliphatic carbocycles. The van der Waals surface area contributed by atoms with Crippen LogP contribution in [0.4, 0.5) is 0 Å². The van der Waals surface area contributed by atoms with Gasteiger partial charge in [0.2, 0.25) is 0 Å². The molecule has 1 aromatic carbocycles. The molecule has 0 aliphatic heterocycles. The van der Waals surface area contributed by atoms with Crippen LogP contribution in [0, 0.1) is 5.92 Å². The van der Waals surface area contributed by atoms with Gasteiger partial charge in [0.05, 0.1) is 11.7 Å². The summed E-state index contributed by atoms with van der Waals surface area (Å²) in [4.78, 5) is 18.0. The number of nitrogens with zero attached hydrogens (tertiary/aromatic N) is 2. The predicted molar refractivity (Wildman–Crippen MR) is 91.9 cm³/mol. The number of thiophene rings is 1. The second kappa shape index (κ2) is 5.08. The van der Waals surface area contributed by atoms with Crippen LogP contribution in [0.15, 0.2) is 46.8 Å². The van der Waals surface area contributed by atoms with E-state index in [2.05, 4.69) is 4.98 Å². The zero-order chi connectivity index (χ0) is 15.3. The van der Waals surface area contributed by atoms with Crippen LogP contribution >= 0.6 is 34.5 Å². The fourth-order valence-electron chi connectivity index (χ4n) is 2.63. The number of hydrogen-bond acceptors (Lipinski definition) is 3. The molecule has 0 spiro atoms. The first kappa shape index (κ1) is 14.2. The predicted octanol–water partition coefficient (Wildman–Crippen LogP) is 4.32. The average molecular weight is 351 g/mol. The number of halogens is 2. The lowest BCUT2D eigenvalue weighted by Gasteiger charge is -2.06. The summed E-state index contributed by atoms with van der Waals surface area (Å²) >= 11 is 13.6. The molecule has 1 aliphatic rings. The van der Waals surface area contributed by atoms with Gasteiger partial charge in [0, 0.05) is 23.4 Å². The van der Waals surface area contributed by atoms with Gasteiger partial charge in [-0.1, -0.05) is 30.3 Å². The molecule has 2 aromatic heterocycles. The summed E-state index contributed by atoms with van der Waals surface area (Å²) in [6.45, 7) is 0.513. The summed E-state index contributed by atoms with van der Waals surface area (Å²) in [7, 11) is 0. The van der Waals surface area contributed by atoms with Gasteiger partial charge >= 0.3 is 0 Å². The SMILES string of the molecule is O=c1c2c(-c3ccccc3)csc2ncn1C[C@H]1CC1(Cl)Cl. The molecular formula is C16H12Cl2N2OS. The largest absolute Gasteiger partial charge is 0.298 e. The van der Waals surface area contributed by atoms with Gasteiger partial charge in [-0.2, -0.15) is 0 Å². The third-order valence-electron chi connectivity index (χ3n) is 4.02. The van der Waals surface area contributed by atoms with Crippen molar-refractivity contribution in [3.63, 3.8) is 0 Å². The molecule has 0 N–H and O–H groups in total. The van der Waals surface area contributed by atoms with Gasteiger partial charge in [-0.05, 0) is 12.0 Å². The molecule has 0 unspecified atom stereocenters. The Kier molecular flexibility index (Phi) is 3.29. The molecule has 0 amide bonds. The summed E-state index contributed by atoms with van der Waals surface area (Å²) in [5.41, 5.74) is 1.94. The van der Waals surface area contributed by atoms with Crippen molar-refractivity contribution < 1.29 is 0 Å². The molecule has 0 bridgehead atoms. The van der Waals surface area contributed by atoms with Crippen molar-refractivity contribution in [3.05, 3.63) is 52.4 Å². The van der Waals surface area contributed by atoms with E-state index < -0.39 is 4.33 Å². The Morgan fingerprint density at radius 3 is 2.73 bits per heavy atom. The van der Waals surface area contributed by atoms with Gasteiger partial charge < -0.3 is 0 Å². The minimum atomic E-state index is -0.689. The Hall–Kier alpha value is -1.36. The zero-order valence-corrected chi connectivity index (χ0v) is 13.8. The third-order valence-corrected chi connectivity index (χ3v) is 5.83. The topological polar surface area (TPSA) is 34.9 Å². The lowest BCUT2D eigenvalue weighted by Crippen LogP contribution is -2.22. The Morgan fingerprint density at radius 1 is 1.32 bits per heavy atom. The molecular weight excluding hydrogens is 339 g/mol. The molecule has 0 radical (unpaired) electrons. The normalized spacial score (nSPS) is 19.5. The van der Waals surface area contributed by atoms with Crippen LogP contribution in [-0.4, -0.2) is 13.9 Å². The first-order valence-electron chi connectivity index (χ1n) is 6.96. The van der Waals surface area contributed by atoms with E-state index in [-0.39, 0.29) is 11.5 Å². The molecule has 3 nitrogen and oxygen atoms in total. The number of alkyl halides is 2. The molecule has 2 heterocycles.